The molecule has 2 heterocycles. The number of benzene rings is 8. The Balaban J connectivity index is 1.21. The van der Waals surface area contributed by atoms with E-state index in [-0.39, 0.29) is 0 Å². The summed E-state index contributed by atoms with van der Waals surface area (Å²) in [5.74, 6) is 0. The van der Waals surface area contributed by atoms with E-state index < -0.39 is 5.41 Å². The van der Waals surface area contributed by atoms with Crippen LogP contribution in [0.15, 0.2) is 186 Å². The molecule has 1 aliphatic carbocycles. The number of rotatable bonds is 5. The molecule has 0 atom stereocenters. The number of hydrogen-bond donors (Lipinski definition) is 0. The minimum absolute atomic E-state index is 0.426. The molecule has 3 heteroatoms. The molecular formula is C50H33NOS. The molecule has 0 saturated carbocycles. The Bertz CT molecular complexity index is 2980. The van der Waals surface area contributed by atoms with Crippen molar-refractivity contribution >= 4 is 70.5 Å². The standard InChI is InChI=1S/C50H33NOS/c1-50(42-19-9-5-15-37(42)38-16-6-10-20-43(38)50)44-30-36(31-46-49(44)40-18-7-11-21-45(40)52-46)51(34-25-23-33(24-26-34)32-13-3-2-4-14-32)35-27-28-48-41(29-35)39-17-8-12-22-47(39)53-48/h2-31H,1H3. The lowest BCUT2D eigenvalue weighted by Gasteiger charge is -2.32. The number of thiophene rings is 1. The maximum atomic E-state index is 6.80. The second-order valence-electron chi connectivity index (χ2n) is 14.2. The van der Waals surface area contributed by atoms with E-state index in [9.17, 15) is 0 Å². The Hall–Kier alpha value is -6.42. The summed E-state index contributed by atoms with van der Waals surface area (Å²) in [4.78, 5) is 2.41. The topological polar surface area (TPSA) is 16.4 Å². The average molecular weight is 696 g/mol. The third-order valence-electron chi connectivity index (χ3n) is 11.3. The van der Waals surface area contributed by atoms with Crippen LogP contribution in [0.4, 0.5) is 17.1 Å². The van der Waals surface area contributed by atoms with Gasteiger partial charge in [-0.15, -0.1) is 11.3 Å². The number of hydrogen-bond acceptors (Lipinski definition) is 3. The highest BCUT2D eigenvalue weighted by Crippen LogP contribution is 2.55. The summed E-state index contributed by atoms with van der Waals surface area (Å²) in [5.41, 5.74) is 13.4. The summed E-state index contributed by atoms with van der Waals surface area (Å²) in [6.07, 6.45) is 0. The smallest absolute Gasteiger partial charge is 0.137 e. The molecule has 11 rings (SSSR count). The molecule has 0 unspecified atom stereocenters. The summed E-state index contributed by atoms with van der Waals surface area (Å²) in [6.45, 7) is 2.40. The Labute approximate surface area is 311 Å². The van der Waals surface area contributed by atoms with Crippen LogP contribution in [-0.4, -0.2) is 0 Å². The molecule has 0 radical (unpaired) electrons. The Kier molecular flexibility index (Phi) is 6.58. The summed E-state index contributed by atoms with van der Waals surface area (Å²) in [6, 6.07) is 66.2. The second kappa shape index (κ2) is 11.5. The van der Waals surface area contributed by atoms with Gasteiger partial charge < -0.3 is 9.32 Å². The van der Waals surface area contributed by atoms with Gasteiger partial charge >= 0.3 is 0 Å². The zero-order valence-electron chi connectivity index (χ0n) is 29.1. The van der Waals surface area contributed by atoms with E-state index in [2.05, 4.69) is 194 Å². The number of para-hydroxylation sites is 1. The maximum Gasteiger partial charge on any atom is 0.137 e. The molecular weight excluding hydrogens is 663 g/mol. The molecule has 53 heavy (non-hydrogen) atoms. The zero-order valence-corrected chi connectivity index (χ0v) is 29.9. The highest BCUT2D eigenvalue weighted by molar-refractivity contribution is 7.25. The molecule has 0 amide bonds. The predicted molar refractivity (Wildman–Crippen MR) is 224 cm³/mol. The van der Waals surface area contributed by atoms with Gasteiger partial charge in [-0.05, 0) is 94.4 Å². The number of anilines is 3. The van der Waals surface area contributed by atoms with Crippen LogP contribution in [0.25, 0.3) is 64.4 Å². The van der Waals surface area contributed by atoms with Gasteiger partial charge in [0.05, 0.1) is 5.69 Å². The molecule has 0 bridgehead atoms. The summed E-state index contributed by atoms with van der Waals surface area (Å²) in [5, 5.41) is 4.85. The normalized spacial score (nSPS) is 13.2. The van der Waals surface area contributed by atoms with Crippen LogP contribution < -0.4 is 4.90 Å². The van der Waals surface area contributed by atoms with Crippen molar-refractivity contribution in [3.8, 4) is 22.3 Å². The van der Waals surface area contributed by atoms with Crippen molar-refractivity contribution in [3.05, 3.63) is 199 Å². The summed E-state index contributed by atoms with van der Waals surface area (Å²) in [7, 11) is 0. The lowest BCUT2D eigenvalue weighted by molar-refractivity contribution is 0.666. The number of furan rings is 1. The van der Waals surface area contributed by atoms with E-state index >= 15 is 0 Å². The molecule has 0 aliphatic heterocycles. The van der Waals surface area contributed by atoms with E-state index in [0.29, 0.717) is 0 Å². The molecule has 0 spiro atoms. The Morgan fingerprint density at radius 1 is 0.434 bits per heavy atom. The lowest BCUT2D eigenvalue weighted by atomic mass is 9.72. The first-order valence-corrected chi connectivity index (χ1v) is 19.0. The lowest BCUT2D eigenvalue weighted by Crippen LogP contribution is -2.23. The largest absolute Gasteiger partial charge is 0.456 e. The fourth-order valence-corrected chi connectivity index (χ4v) is 9.93. The fourth-order valence-electron chi connectivity index (χ4n) is 8.84. The van der Waals surface area contributed by atoms with Crippen molar-refractivity contribution in [1.29, 1.82) is 0 Å². The van der Waals surface area contributed by atoms with Crippen LogP contribution >= 0.6 is 11.3 Å². The molecule has 0 N–H and O–H groups in total. The molecule has 1 aliphatic rings. The second-order valence-corrected chi connectivity index (χ2v) is 15.3. The van der Waals surface area contributed by atoms with Gasteiger partial charge in [-0.2, -0.15) is 0 Å². The SMILES string of the molecule is CC1(c2cc(N(c3ccc(-c4ccccc4)cc3)c3ccc4sc5ccccc5c4c3)cc3oc4ccccc4c23)c2ccccc2-c2ccccc21. The first-order valence-electron chi connectivity index (χ1n) is 18.2. The number of nitrogens with zero attached hydrogens (tertiary/aromatic N) is 1. The molecule has 2 aromatic heterocycles. The van der Waals surface area contributed by atoms with Crippen molar-refractivity contribution in [2.45, 2.75) is 12.3 Å². The van der Waals surface area contributed by atoms with Crippen LogP contribution in [0.1, 0.15) is 23.6 Å². The van der Waals surface area contributed by atoms with Crippen molar-refractivity contribution < 1.29 is 4.42 Å². The minimum atomic E-state index is -0.426. The number of fused-ring (bicyclic) bond motifs is 9. The van der Waals surface area contributed by atoms with Crippen LogP contribution in [0.5, 0.6) is 0 Å². The monoisotopic (exact) mass is 695 g/mol. The van der Waals surface area contributed by atoms with Crippen molar-refractivity contribution in [1.82, 2.24) is 0 Å². The molecule has 2 nitrogen and oxygen atoms in total. The first-order chi connectivity index (χ1) is 26.1. The molecule has 10 aromatic rings. The maximum absolute atomic E-state index is 6.80. The zero-order chi connectivity index (χ0) is 35.1. The first kappa shape index (κ1) is 30.2. The van der Waals surface area contributed by atoms with E-state index in [1.54, 1.807) is 0 Å². The predicted octanol–water partition coefficient (Wildman–Crippen LogP) is 14.4. The van der Waals surface area contributed by atoms with Crippen molar-refractivity contribution in [3.63, 3.8) is 0 Å². The van der Waals surface area contributed by atoms with Crippen LogP contribution in [-0.2, 0) is 5.41 Å². The minimum Gasteiger partial charge on any atom is -0.456 e. The van der Waals surface area contributed by atoms with E-state index in [1.165, 1.54) is 59.1 Å². The van der Waals surface area contributed by atoms with Gasteiger partial charge in [0.15, 0.2) is 0 Å². The van der Waals surface area contributed by atoms with Gasteiger partial charge in [0.1, 0.15) is 11.2 Å². The molecule has 8 aromatic carbocycles. The van der Waals surface area contributed by atoms with Gasteiger partial charge in [0.2, 0.25) is 0 Å². The Morgan fingerprint density at radius 3 is 1.81 bits per heavy atom. The van der Waals surface area contributed by atoms with Gasteiger partial charge in [-0.1, -0.05) is 127 Å². The summed E-state index contributed by atoms with van der Waals surface area (Å²) < 4.78 is 9.39. The van der Waals surface area contributed by atoms with Gasteiger partial charge in [0.25, 0.3) is 0 Å². The third kappa shape index (κ3) is 4.51. The highest BCUT2D eigenvalue weighted by Gasteiger charge is 2.42. The quantitative estimate of drug-likeness (QED) is 0.178. The summed E-state index contributed by atoms with van der Waals surface area (Å²) >= 11 is 1.85. The molecule has 0 fully saturated rings. The van der Waals surface area contributed by atoms with Crippen molar-refractivity contribution in [2.75, 3.05) is 4.90 Å². The molecule has 0 saturated heterocycles. The van der Waals surface area contributed by atoms with E-state index in [1.807, 2.05) is 11.3 Å². The Morgan fingerprint density at radius 2 is 1.04 bits per heavy atom. The molecule has 250 valence electrons. The van der Waals surface area contributed by atoms with Crippen LogP contribution in [0, 0.1) is 0 Å². The van der Waals surface area contributed by atoms with Crippen LogP contribution in [0.3, 0.4) is 0 Å². The highest BCUT2D eigenvalue weighted by atomic mass is 32.1. The van der Waals surface area contributed by atoms with Gasteiger partial charge in [-0.3, -0.25) is 0 Å². The van der Waals surface area contributed by atoms with Gasteiger partial charge in [0, 0.05) is 53.8 Å². The average Bonchev–Trinajstić information content (AvgIpc) is 3.87. The van der Waals surface area contributed by atoms with Crippen LogP contribution in [0.2, 0.25) is 0 Å². The van der Waals surface area contributed by atoms with Crippen molar-refractivity contribution in [2.24, 2.45) is 0 Å². The van der Waals surface area contributed by atoms with Gasteiger partial charge in [-0.25, -0.2) is 0 Å². The fraction of sp³-hybridized carbons (Fsp3) is 0.0400. The van der Waals surface area contributed by atoms with E-state index in [0.717, 1.165) is 39.0 Å². The van der Waals surface area contributed by atoms with E-state index in [4.69, 9.17) is 4.42 Å². The third-order valence-corrected chi connectivity index (χ3v) is 12.5.